The minimum absolute atomic E-state index is 0.442. The monoisotopic (exact) mass is 186 g/mol. The van der Waals surface area contributed by atoms with Crippen LogP contribution in [-0.4, -0.2) is 16.2 Å². The minimum atomic E-state index is 0.442. The maximum atomic E-state index is 5.73. The Morgan fingerprint density at radius 1 is 1.45 bits per heavy atom. The number of hydrogen-bond acceptors (Lipinski definition) is 3. The number of hydrogen-bond donors (Lipinski definition) is 0. The molecule has 2 nitrogen and oxygen atoms in total. The van der Waals surface area contributed by atoms with Crippen LogP contribution in [0.15, 0.2) is 17.8 Å². The molecule has 0 unspecified atom stereocenters. The van der Waals surface area contributed by atoms with Crippen LogP contribution < -0.4 is 0 Å². The van der Waals surface area contributed by atoms with Crippen LogP contribution in [0.5, 0.6) is 0 Å². The predicted octanol–water partition coefficient (Wildman–Crippen LogP) is 2.46. The zero-order valence-corrected chi connectivity index (χ0v) is 7.56. The van der Waals surface area contributed by atoms with E-state index in [-0.39, 0.29) is 0 Å². The lowest BCUT2D eigenvalue weighted by atomic mass is 10.4. The van der Waals surface area contributed by atoms with Crippen LogP contribution in [0.25, 0.3) is 6.08 Å². The highest BCUT2D eigenvalue weighted by Gasteiger charge is 1.94. The molecule has 1 heterocycles. The molecule has 0 atom stereocenters. The zero-order valence-electron chi connectivity index (χ0n) is 5.99. The second-order valence-corrected chi connectivity index (χ2v) is 2.87. The summed E-state index contributed by atoms with van der Waals surface area (Å²) in [5.41, 5.74) is 0.712. The molecule has 58 valence electrons. The molecule has 0 radical (unpaired) electrons. The molecule has 0 amide bonds. The van der Waals surface area contributed by atoms with Gasteiger partial charge in [0.05, 0.1) is 0 Å². The van der Waals surface area contributed by atoms with Crippen molar-refractivity contribution in [3.05, 3.63) is 28.6 Å². The van der Waals surface area contributed by atoms with Crippen molar-refractivity contribution in [2.75, 3.05) is 6.26 Å². The van der Waals surface area contributed by atoms with Gasteiger partial charge in [0.2, 0.25) is 0 Å². The first-order valence-corrected chi connectivity index (χ1v) is 4.67. The van der Waals surface area contributed by atoms with E-state index < -0.39 is 0 Å². The van der Waals surface area contributed by atoms with Gasteiger partial charge in [0.25, 0.3) is 0 Å². The van der Waals surface area contributed by atoms with Crippen molar-refractivity contribution in [2.45, 2.75) is 0 Å². The summed E-state index contributed by atoms with van der Waals surface area (Å²) in [7, 11) is 0. The summed E-state index contributed by atoms with van der Waals surface area (Å²) in [4.78, 5) is 7.90. The highest BCUT2D eigenvalue weighted by Crippen LogP contribution is 2.11. The second kappa shape index (κ2) is 4.36. The summed E-state index contributed by atoms with van der Waals surface area (Å²) >= 11 is 7.32. The average molecular weight is 187 g/mol. The summed E-state index contributed by atoms with van der Waals surface area (Å²) in [5, 5.41) is 2.36. The number of thioether (sulfide) groups is 1. The molecule has 0 saturated carbocycles. The van der Waals surface area contributed by atoms with E-state index in [0.717, 1.165) is 0 Å². The Labute approximate surface area is 74.7 Å². The molecule has 0 fully saturated rings. The third-order valence-corrected chi connectivity index (χ3v) is 1.74. The first-order valence-electron chi connectivity index (χ1n) is 3.00. The topological polar surface area (TPSA) is 25.8 Å². The van der Waals surface area contributed by atoms with Crippen LogP contribution in [0, 0.1) is 0 Å². The van der Waals surface area contributed by atoms with Crippen LogP contribution in [0.1, 0.15) is 5.69 Å². The van der Waals surface area contributed by atoms with Gasteiger partial charge >= 0.3 is 0 Å². The van der Waals surface area contributed by atoms with Crippen LogP contribution >= 0.6 is 23.4 Å². The summed E-state index contributed by atoms with van der Waals surface area (Å²) in [6.07, 6.45) is 6.99. The molecule has 0 N–H and O–H groups in total. The van der Waals surface area contributed by atoms with Gasteiger partial charge in [-0.05, 0) is 17.7 Å². The summed E-state index contributed by atoms with van der Waals surface area (Å²) in [6.45, 7) is 0. The number of rotatable bonds is 2. The Kier molecular flexibility index (Phi) is 3.39. The SMILES string of the molecule is CS/C=C/c1nccnc1Cl. The van der Waals surface area contributed by atoms with Gasteiger partial charge in [-0.25, -0.2) is 4.98 Å². The summed E-state index contributed by atoms with van der Waals surface area (Å²) in [6, 6.07) is 0. The molecule has 0 aliphatic heterocycles. The predicted molar refractivity (Wildman–Crippen MR) is 49.6 cm³/mol. The van der Waals surface area contributed by atoms with E-state index in [0.29, 0.717) is 10.8 Å². The van der Waals surface area contributed by atoms with E-state index in [1.165, 1.54) is 0 Å². The minimum Gasteiger partial charge on any atom is -0.252 e. The third kappa shape index (κ3) is 2.52. The molecular weight excluding hydrogens is 180 g/mol. The molecule has 0 aromatic carbocycles. The first-order chi connectivity index (χ1) is 5.34. The lowest BCUT2D eigenvalue weighted by Gasteiger charge is -1.92. The number of nitrogens with zero attached hydrogens (tertiary/aromatic N) is 2. The fourth-order valence-corrected chi connectivity index (χ4v) is 1.01. The van der Waals surface area contributed by atoms with Crippen molar-refractivity contribution in [3.63, 3.8) is 0 Å². The largest absolute Gasteiger partial charge is 0.252 e. The Balaban J connectivity index is 2.86. The van der Waals surface area contributed by atoms with Gasteiger partial charge < -0.3 is 0 Å². The fraction of sp³-hybridized carbons (Fsp3) is 0.143. The van der Waals surface area contributed by atoms with Crippen molar-refractivity contribution in [1.29, 1.82) is 0 Å². The molecule has 11 heavy (non-hydrogen) atoms. The fourth-order valence-electron chi connectivity index (χ4n) is 0.576. The van der Waals surface area contributed by atoms with Gasteiger partial charge in [0, 0.05) is 12.4 Å². The Bertz CT molecular complexity index is 262. The molecule has 1 aromatic heterocycles. The Morgan fingerprint density at radius 3 is 2.82 bits per heavy atom. The van der Waals surface area contributed by atoms with Crippen LogP contribution in [-0.2, 0) is 0 Å². The first kappa shape index (κ1) is 8.56. The zero-order chi connectivity index (χ0) is 8.10. The Hall–Kier alpha value is -0.540. The highest BCUT2D eigenvalue weighted by atomic mass is 35.5. The van der Waals surface area contributed by atoms with Crippen molar-refractivity contribution in [1.82, 2.24) is 9.97 Å². The van der Waals surface area contributed by atoms with Crippen molar-refractivity contribution in [3.8, 4) is 0 Å². The lowest BCUT2D eigenvalue weighted by Crippen LogP contribution is -1.83. The van der Waals surface area contributed by atoms with E-state index in [9.17, 15) is 0 Å². The maximum absolute atomic E-state index is 5.73. The molecule has 0 saturated heterocycles. The Morgan fingerprint density at radius 2 is 2.18 bits per heavy atom. The standard InChI is InChI=1S/C7H7ClN2S/c1-11-5-2-6-7(8)10-4-3-9-6/h2-5H,1H3/b5-2+. The normalized spacial score (nSPS) is 10.7. The second-order valence-electron chi connectivity index (χ2n) is 1.77. The maximum Gasteiger partial charge on any atom is 0.154 e. The van der Waals surface area contributed by atoms with Crippen molar-refractivity contribution >= 4 is 29.4 Å². The van der Waals surface area contributed by atoms with E-state index >= 15 is 0 Å². The molecular formula is C7H7ClN2S. The van der Waals surface area contributed by atoms with Gasteiger partial charge in [-0.15, -0.1) is 11.8 Å². The van der Waals surface area contributed by atoms with Gasteiger partial charge in [0.15, 0.2) is 5.15 Å². The van der Waals surface area contributed by atoms with Crippen LogP contribution in [0.4, 0.5) is 0 Å². The van der Waals surface area contributed by atoms with Crippen molar-refractivity contribution in [2.24, 2.45) is 0 Å². The molecule has 4 heteroatoms. The highest BCUT2D eigenvalue weighted by molar-refractivity contribution is 8.01. The molecule has 1 aromatic rings. The van der Waals surface area contributed by atoms with Crippen molar-refractivity contribution < 1.29 is 0 Å². The molecule has 0 aliphatic carbocycles. The molecule has 1 rings (SSSR count). The lowest BCUT2D eigenvalue weighted by molar-refractivity contribution is 1.18. The molecule has 0 bridgehead atoms. The summed E-state index contributed by atoms with van der Waals surface area (Å²) in [5.74, 6) is 0. The smallest absolute Gasteiger partial charge is 0.154 e. The van der Waals surface area contributed by atoms with Gasteiger partial charge in [-0.3, -0.25) is 4.98 Å². The van der Waals surface area contributed by atoms with E-state index in [4.69, 9.17) is 11.6 Å². The van der Waals surface area contributed by atoms with E-state index in [1.54, 1.807) is 24.2 Å². The van der Waals surface area contributed by atoms with Gasteiger partial charge in [0.1, 0.15) is 5.69 Å². The average Bonchev–Trinajstić information content (AvgIpc) is 2.03. The van der Waals surface area contributed by atoms with E-state index in [1.807, 2.05) is 17.7 Å². The third-order valence-electron chi connectivity index (χ3n) is 1.04. The number of halogens is 1. The van der Waals surface area contributed by atoms with Crippen LogP contribution in [0.2, 0.25) is 5.15 Å². The quantitative estimate of drug-likeness (QED) is 0.710. The number of aromatic nitrogens is 2. The molecule has 0 spiro atoms. The van der Waals surface area contributed by atoms with Crippen LogP contribution in [0.3, 0.4) is 0 Å². The van der Waals surface area contributed by atoms with Gasteiger partial charge in [-0.2, -0.15) is 0 Å². The molecule has 0 aliphatic rings. The summed E-state index contributed by atoms with van der Waals surface area (Å²) < 4.78 is 0. The van der Waals surface area contributed by atoms with Gasteiger partial charge in [-0.1, -0.05) is 11.6 Å². The van der Waals surface area contributed by atoms with E-state index in [2.05, 4.69) is 9.97 Å².